The van der Waals surface area contributed by atoms with Gasteiger partial charge < -0.3 is 9.47 Å². The number of nitrogens with zero attached hydrogens (tertiary/aromatic N) is 1. The molecule has 6 nitrogen and oxygen atoms in total. The number of anilines is 1. The van der Waals surface area contributed by atoms with Crippen molar-refractivity contribution in [1.29, 1.82) is 0 Å². The second-order valence-corrected chi connectivity index (χ2v) is 6.61. The average Bonchev–Trinajstić information content (AvgIpc) is 2.92. The summed E-state index contributed by atoms with van der Waals surface area (Å²) in [5.74, 6) is -1.06. The summed E-state index contributed by atoms with van der Waals surface area (Å²) < 4.78 is 10.5. The molecule has 0 unspecified atom stereocenters. The van der Waals surface area contributed by atoms with Crippen LogP contribution in [-0.2, 0) is 19.1 Å². The Labute approximate surface area is 162 Å². The third-order valence-corrected chi connectivity index (χ3v) is 4.83. The first-order valence-electron chi connectivity index (χ1n) is 8.89. The lowest BCUT2D eigenvalue weighted by atomic mass is 9.93. The van der Waals surface area contributed by atoms with Crippen molar-refractivity contribution in [2.45, 2.75) is 39.5 Å². The number of carbonyl (C=O) groups excluding carboxylic acids is 3. The second-order valence-electron chi connectivity index (χ2n) is 6.20. The summed E-state index contributed by atoms with van der Waals surface area (Å²) in [5.41, 5.74) is 1.56. The van der Waals surface area contributed by atoms with Gasteiger partial charge in [0.1, 0.15) is 5.75 Å². The number of hydrogen-bond donors (Lipinski definition) is 0. The molecule has 27 heavy (non-hydrogen) atoms. The van der Waals surface area contributed by atoms with E-state index in [4.69, 9.17) is 21.1 Å². The van der Waals surface area contributed by atoms with Gasteiger partial charge in [0.2, 0.25) is 5.76 Å². The van der Waals surface area contributed by atoms with Gasteiger partial charge in [0.15, 0.2) is 0 Å². The third-order valence-electron chi connectivity index (χ3n) is 4.52. The van der Waals surface area contributed by atoms with Crippen molar-refractivity contribution >= 4 is 35.1 Å². The SMILES string of the molecule is CC=C(Oc1cc(N2C(=O)C3=C(CCCC3)C2=O)ccc1Cl)C(=O)OCC. The first-order chi connectivity index (χ1) is 13.0. The summed E-state index contributed by atoms with van der Waals surface area (Å²) >= 11 is 6.18. The van der Waals surface area contributed by atoms with Crippen LogP contribution in [0.15, 0.2) is 41.2 Å². The molecule has 0 radical (unpaired) electrons. The summed E-state index contributed by atoms with van der Waals surface area (Å²) in [6.45, 7) is 3.54. The Kier molecular flexibility index (Phi) is 5.65. The molecule has 0 saturated heterocycles. The van der Waals surface area contributed by atoms with Crippen molar-refractivity contribution in [3.8, 4) is 5.75 Å². The number of imide groups is 1. The van der Waals surface area contributed by atoms with Gasteiger partial charge in [-0.25, -0.2) is 9.69 Å². The fourth-order valence-electron chi connectivity index (χ4n) is 3.22. The predicted molar refractivity (Wildman–Crippen MR) is 100 cm³/mol. The van der Waals surface area contributed by atoms with E-state index in [2.05, 4.69) is 0 Å². The van der Waals surface area contributed by atoms with Crippen molar-refractivity contribution in [2.75, 3.05) is 11.5 Å². The lowest BCUT2D eigenvalue weighted by Crippen LogP contribution is -2.31. The van der Waals surface area contributed by atoms with Crippen LogP contribution in [-0.4, -0.2) is 24.4 Å². The zero-order chi connectivity index (χ0) is 19.6. The largest absolute Gasteiger partial charge is 0.460 e. The van der Waals surface area contributed by atoms with E-state index in [-0.39, 0.29) is 35.0 Å². The van der Waals surface area contributed by atoms with Crippen molar-refractivity contribution in [1.82, 2.24) is 0 Å². The first kappa shape index (κ1) is 19.2. The molecule has 1 aliphatic heterocycles. The summed E-state index contributed by atoms with van der Waals surface area (Å²) in [6, 6.07) is 4.60. The van der Waals surface area contributed by atoms with Gasteiger partial charge in [-0.15, -0.1) is 0 Å². The van der Waals surface area contributed by atoms with Crippen LogP contribution in [0.1, 0.15) is 39.5 Å². The molecule has 1 aromatic rings. The molecule has 7 heteroatoms. The normalized spacial score (nSPS) is 17.3. The number of halogens is 1. The summed E-state index contributed by atoms with van der Waals surface area (Å²) in [7, 11) is 0. The van der Waals surface area contributed by atoms with Crippen molar-refractivity contribution < 1.29 is 23.9 Å². The van der Waals surface area contributed by atoms with Crippen molar-refractivity contribution in [2.24, 2.45) is 0 Å². The van der Waals surface area contributed by atoms with E-state index in [0.717, 1.165) is 17.7 Å². The van der Waals surface area contributed by atoms with Gasteiger partial charge in [-0.1, -0.05) is 11.6 Å². The molecule has 0 spiro atoms. The Balaban J connectivity index is 1.89. The molecule has 1 aliphatic carbocycles. The van der Waals surface area contributed by atoms with Gasteiger partial charge in [-0.05, 0) is 57.7 Å². The minimum absolute atomic E-state index is 0.0209. The van der Waals surface area contributed by atoms with E-state index in [1.54, 1.807) is 19.9 Å². The zero-order valence-electron chi connectivity index (χ0n) is 15.2. The van der Waals surface area contributed by atoms with Crippen LogP contribution in [0.3, 0.4) is 0 Å². The Morgan fingerprint density at radius 2 is 1.81 bits per heavy atom. The number of amides is 2. The fraction of sp³-hybridized carbons (Fsp3) is 0.350. The van der Waals surface area contributed by atoms with E-state index >= 15 is 0 Å². The molecule has 1 heterocycles. The number of rotatable bonds is 5. The minimum Gasteiger partial charge on any atom is -0.460 e. The summed E-state index contributed by atoms with van der Waals surface area (Å²) in [6.07, 6.45) is 4.53. The van der Waals surface area contributed by atoms with E-state index in [0.29, 0.717) is 29.7 Å². The van der Waals surface area contributed by atoms with Gasteiger partial charge in [0.05, 0.1) is 17.3 Å². The maximum Gasteiger partial charge on any atom is 0.373 e. The number of carbonyl (C=O) groups is 3. The maximum absolute atomic E-state index is 12.7. The predicted octanol–water partition coefficient (Wildman–Crippen LogP) is 3.93. The molecule has 1 aromatic carbocycles. The van der Waals surface area contributed by atoms with Crippen LogP contribution in [0.4, 0.5) is 5.69 Å². The number of hydrogen-bond acceptors (Lipinski definition) is 5. The Morgan fingerprint density at radius 3 is 2.37 bits per heavy atom. The maximum atomic E-state index is 12.7. The highest BCUT2D eigenvalue weighted by atomic mass is 35.5. The van der Waals surface area contributed by atoms with Crippen molar-refractivity contribution in [3.63, 3.8) is 0 Å². The zero-order valence-corrected chi connectivity index (χ0v) is 16.0. The molecule has 3 rings (SSSR count). The summed E-state index contributed by atoms with van der Waals surface area (Å²) in [5, 5.41) is 0.249. The van der Waals surface area contributed by atoms with Crippen LogP contribution in [0.5, 0.6) is 5.75 Å². The van der Waals surface area contributed by atoms with E-state index < -0.39 is 5.97 Å². The van der Waals surface area contributed by atoms with E-state index in [1.807, 2.05) is 0 Å². The molecule has 2 amide bonds. The molecule has 2 aliphatic rings. The number of esters is 1. The number of allylic oxidation sites excluding steroid dienone is 1. The highest BCUT2D eigenvalue weighted by Crippen LogP contribution is 2.38. The lowest BCUT2D eigenvalue weighted by Gasteiger charge is -2.17. The highest BCUT2D eigenvalue weighted by Gasteiger charge is 2.39. The fourth-order valence-corrected chi connectivity index (χ4v) is 3.38. The number of ether oxygens (including phenoxy) is 2. The minimum atomic E-state index is -0.619. The van der Waals surface area contributed by atoms with Gasteiger partial charge in [0, 0.05) is 17.2 Å². The van der Waals surface area contributed by atoms with Crippen LogP contribution in [0, 0.1) is 0 Å². The van der Waals surface area contributed by atoms with Crippen LogP contribution in [0.25, 0.3) is 0 Å². The first-order valence-corrected chi connectivity index (χ1v) is 9.27. The monoisotopic (exact) mass is 389 g/mol. The quantitative estimate of drug-likeness (QED) is 0.330. The molecule has 0 aromatic heterocycles. The smallest absolute Gasteiger partial charge is 0.373 e. The summed E-state index contributed by atoms with van der Waals surface area (Å²) in [4.78, 5) is 38.5. The van der Waals surface area contributed by atoms with Crippen LogP contribution in [0.2, 0.25) is 5.02 Å². The van der Waals surface area contributed by atoms with Crippen LogP contribution >= 0.6 is 11.6 Å². The van der Waals surface area contributed by atoms with Crippen LogP contribution < -0.4 is 9.64 Å². The van der Waals surface area contributed by atoms with Gasteiger partial charge in [0.25, 0.3) is 11.8 Å². The third kappa shape index (κ3) is 3.62. The molecular weight excluding hydrogens is 370 g/mol. The lowest BCUT2D eigenvalue weighted by molar-refractivity contribution is -0.141. The van der Waals surface area contributed by atoms with Gasteiger partial charge in [-0.3, -0.25) is 9.59 Å². The average molecular weight is 390 g/mol. The molecule has 0 fully saturated rings. The van der Waals surface area contributed by atoms with E-state index in [9.17, 15) is 14.4 Å². The Morgan fingerprint density at radius 1 is 1.19 bits per heavy atom. The van der Waals surface area contributed by atoms with Crippen molar-refractivity contribution in [3.05, 3.63) is 46.2 Å². The molecule has 0 bridgehead atoms. The topological polar surface area (TPSA) is 72.9 Å². The molecular formula is C20H20ClNO5. The molecule has 0 atom stereocenters. The van der Waals surface area contributed by atoms with Gasteiger partial charge >= 0.3 is 5.97 Å². The molecule has 142 valence electrons. The standard InChI is InChI=1S/C20H20ClNO5/c1-3-16(20(25)26-4-2)27-17-11-12(9-10-15(17)21)22-18(23)13-7-5-6-8-14(13)19(22)24/h3,9-11H,4-8H2,1-2H3. The van der Waals surface area contributed by atoms with E-state index in [1.165, 1.54) is 18.2 Å². The Bertz CT molecular complexity index is 843. The number of benzene rings is 1. The Hall–Kier alpha value is -2.60. The highest BCUT2D eigenvalue weighted by molar-refractivity contribution is 6.34. The second kappa shape index (κ2) is 7.96. The molecule has 0 saturated carbocycles. The van der Waals surface area contributed by atoms with Gasteiger partial charge in [-0.2, -0.15) is 0 Å². The molecule has 0 N–H and O–H groups in total.